The molecule has 0 spiro atoms. The molecule has 0 atom stereocenters. The Morgan fingerprint density at radius 2 is 2.00 bits per heavy atom. The van der Waals surface area contributed by atoms with Crippen LogP contribution in [0.2, 0.25) is 0 Å². The summed E-state index contributed by atoms with van der Waals surface area (Å²) < 4.78 is 2.00. The molecule has 1 amide bonds. The predicted molar refractivity (Wildman–Crippen MR) is 87.3 cm³/mol. The minimum absolute atomic E-state index is 0.0590. The van der Waals surface area contributed by atoms with Crippen molar-refractivity contribution in [2.45, 2.75) is 0 Å². The number of amides is 1. The Morgan fingerprint density at radius 1 is 1.30 bits per heavy atom. The number of benzene rings is 1. The SMILES string of the molecule is CN1CCN(C(=O)c2sc3cccc(Br)c3c2N)CC1. The average Bonchev–Trinajstić information content (AvgIpc) is 2.77. The molecule has 106 valence electrons. The number of likely N-dealkylation sites (N-methyl/N-ethyl adjacent to an activating group) is 1. The monoisotopic (exact) mass is 353 g/mol. The van der Waals surface area contributed by atoms with Gasteiger partial charge in [-0.05, 0) is 19.2 Å². The molecule has 1 saturated heterocycles. The molecule has 20 heavy (non-hydrogen) atoms. The molecule has 0 aliphatic carbocycles. The molecule has 1 aromatic heterocycles. The van der Waals surface area contributed by atoms with Gasteiger partial charge in [0.1, 0.15) is 4.88 Å². The zero-order valence-corrected chi connectivity index (χ0v) is 13.6. The third-order valence-electron chi connectivity index (χ3n) is 3.69. The maximum atomic E-state index is 12.6. The van der Waals surface area contributed by atoms with E-state index in [2.05, 4.69) is 27.9 Å². The van der Waals surface area contributed by atoms with E-state index in [1.54, 1.807) is 0 Å². The van der Waals surface area contributed by atoms with Crippen molar-refractivity contribution in [1.29, 1.82) is 0 Å². The van der Waals surface area contributed by atoms with Crippen LogP contribution in [0.3, 0.4) is 0 Å². The first kappa shape index (κ1) is 13.9. The summed E-state index contributed by atoms with van der Waals surface area (Å²) in [7, 11) is 2.08. The first-order chi connectivity index (χ1) is 9.58. The van der Waals surface area contributed by atoms with Crippen molar-refractivity contribution in [3.63, 3.8) is 0 Å². The Morgan fingerprint density at radius 3 is 2.65 bits per heavy atom. The van der Waals surface area contributed by atoms with Crippen LogP contribution in [0, 0.1) is 0 Å². The molecule has 3 rings (SSSR count). The lowest BCUT2D eigenvalue weighted by molar-refractivity contribution is 0.0670. The highest BCUT2D eigenvalue weighted by atomic mass is 79.9. The number of hydrogen-bond donors (Lipinski definition) is 1. The predicted octanol–water partition coefficient (Wildman–Crippen LogP) is 2.63. The number of piperazine rings is 1. The summed E-state index contributed by atoms with van der Waals surface area (Å²) >= 11 is 4.99. The maximum Gasteiger partial charge on any atom is 0.266 e. The third-order valence-corrected chi connectivity index (χ3v) is 5.51. The highest BCUT2D eigenvalue weighted by Crippen LogP contribution is 2.38. The van der Waals surface area contributed by atoms with Gasteiger partial charge in [-0.1, -0.05) is 22.0 Å². The lowest BCUT2D eigenvalue weighted by Gasteiger charge is -2.32. The van der Waals surface area contributed by atoms with Crippen LogP contribution in [-0.4, -0.2) is 48.9 Å². The van der Waals surface area contributed by atoms with Crippen LogP contribution in [0.1, 0.15) is 9.67 Å². The van der Waals surface area contributed by atoms with Gasteiger partial charge in [0.25, 0.3) is 5.91 Å². The van der Waals surface area contributed by atoms with Gasteiger partial charge in [-0.2, -0.15) is 0 Å². The number of carbonyl (C=O) groups is 1. The van der Waals surface area contributed by atoms with Gasteiger partial charge in [0, 0.05) is 40.7 Å². The Labute approximate surface area is 130 Å². The molecule has 1 fully saturated rings. The molecule has 2 heterocycles. The Balaban J connectivity index is 1.96. The van der Waals surface area contributed by atoms with Gasteiger partial charge in [-0.25, -0.2) is 0 Å². The Hall–Kier alpha value is -1.11. The van der Waals surface area contributed by atoms with Crippen LogP contribution in [0.15, 0.2) is 22.7 Å². The van der Waals surface area contributed by atoms with Crippen LogP contribution < -0.4 is 5.73 Å². The zero-order valence-electron chi connectivity index (χ0n) is 11.2. The van der Waals surface area contributed by atoms with Gasteiger partial charge in [0.2, 0.25) is 0 Å². The molecule has 4 nitrogen and oxygen atoms in total. The van der Waals surface area contributed by atoms with Gasteiger partial charge < -0.3 is 15.5 Å². The van der Waals surface area contributed by atoms with Crippen molar-refractivity contribution in [1.82, 2.24) is 9.80 Å². The lowest BCUT2D eigenvalue weighted by Crippen LogP contribution is -2.47. The fraction of sp³-hybridized carbons (Fsp3) is 0.357. The fourth-order valence-electron chi connectivity index (χ4n) is 2.44. The molecule has 0 saturated carbocycles. The summed E-state index contributed by atoms with van der Waals surface area (Å²) in [5.74, 6) is 0.0590. The van der Waals surface area contributed by atoms with Crippen LogP contribution in [0.25, 0.3) is 10.1 Å². The third kappa shape index (κ3) is 2.32. The van der Waals surface area contributed by atoms with E-state index in [4.69, 9.17) is 5.73 Å². The largest absolute Gasteiger partial charge is 0.397 e. The number of rotatable bonds is 1. The number of carbonyl (C=O) groups excluding carboxylic acids is 1. The van der Waals surface area contributed by atoms with Crippen LogP contribution in [0.4, 0.5) is 5.69 Å². The molecule has 6 heteroatoms. The van der Waals surface area contributed by atoms with Gasteiger partial charge in [0.15, 0.2) is 0 Å². The summed E-state index contributed by atoms with van der Waals surface area (Å²) in [6.07, 6.45) is 0. The second-order valence-electron chi connectivity index (χ2n) is 5.05. The van der Waals surface area contributed by atoms with Crippen molar-refractivity contribution in [3.8, 4) is 0 Å². The van der Waals surface area contributed by atoms with E-state index in [1.165, 1.54) is 11.3 Å². The van der Waals surface area contributed by atoms with E-state index in [1.807, 2.05) is 23.1 Å². The van der Waals surface area contributed by atoms with Crippen molar-refractivity contribution < 1.29 is 4.79 Å². The highest BCUT2D eigenvalue weighted by molar-refractivity contribution is 9.10. The van der Waals surface area contributed by atoms with Crippen LogP contribution in [-0.2, 0) is 0 Å². The molecule has 0 radical (unpaired) electrons. The second kappa shape index (κ2) is 5.35. The van der Waals surface area contributed by atoms with Crippen molar-refractivity contribution in [2.75, 3.05) is 39.0 Å². The van der Waals surface area contributed by atoms with Gasteiger partial charge in [-0.15, -0.1) is 11.3 Å². The van der Waals surface area contributed by atoms with Crippen LogP contribution >= 0.6 is 27.3 Å². The van der Waals surface area contributed by atoms with Gasteiger partial charge in [0.05, 0.1) is 5.69 Å². The summed E-state index contributed by atoms with van der Waals surface area (Å²) in [5.41, 5.74) is 6.80. The topological polar surface area (TPSA) is 49.6 Å². The van der Waals surface area contributed by atoms with Gasteiger partial charge in [-0.3, -0.25) is 4.79 Å². The smallest absolute Gasteiger partial charge is 0.266 e. The number of nitrogen functional groups attached to an aromatic ring is 1. The van der Waals surface area contributed by atoms with Crippen molar-refractivity contribution >= 4 is 48.9 Å². The van der Waals surface area contributed by atoms with E-state index in [9.17, 15) is 4.79 Å². The standard InChI is InChI=1S/C14H16BrN3OS/c1-17-5-7-18(8-6-17)14(19)13-12(16)11-9(15)3-2-4-10(11)20-13/h2-4H,5-8,16H2,1H3. The molecule has 1 aliphatic heterocycles. The van der Waals surface area contributed by atoms with E-state index in [0.29, 0.717) is 10.6 Å². The van der Waals surface area contributed by atoms with E-state index >= 15 is 0 Å². The number of fused-ring (bicyclic) bond motifs is 1. The molecule has 1 aliphatic rings. The van der Waals surface area contributed by atoms with E-state index < -0.39 is 0 Å². The minimum Gasteiger partial charge on any atom is -0.397 e. The fourth-order valence-corrected chi connectivity index (χ4v) is 4.27. The van der Waals surface area contributed by atoms with Crippen LogP contribution in [0.5, 0.6) is 0 Å². The minimum atomic E-state index is 0.0590. The maximum absolute atomic E-state index is 12.6. The molecular formula is C14H16BrN3OS. The molecular weight excluding hydrogens is 338 g/mol. The Bertz CT molecular complexity index is 662. The molecule has 1 aromatic carbocycles. The normalized spacial score (nSPS) is 16.8. The number of thiophene rings is 1. The first-order valence-corrected chi connectivity index (χ1v) is 8.13. The average molecular weight is 354 g/mol. The number of nitrogens with two attached hydrogens (primary N) is 1. The number of nitrogens with zero attached hydrogens (tertiary/aromatic N) is 2. The quantitative estimate of drug-likeness (QED) is 0.857. The number of hydrogen-bond acceptors (Lipinski definition) is 4. The summed E-state index contributed by atoms with van der Waals surface area (Å²) in [4.78, 5) is 17.4. The summed E-state index contributed by atoms with van der Waals surface area (Å²) in [5, 5.41) is 0.954. The zero-order chi connectivity index (χ0) is 14.3. The molecule has 0 bridgehead atoms. The molecule has 2 N–H and O–H groups in total. The first-order valence-electron chi connectivity index (χ1n) is 6.52. The van der Waals surface area contributed by atoms with E-state index in [0.717, 1.165) is 40.7 Å². The molecule has 2 aromatic rings. The summed E-state index contributed by atoms with van der Waals surface area (Å²) in [6.45, 7) is 3.37. The van der Waals surface area contributed by atoms with Crippen molar-refractivity contribution in [3.05, 3.63) is 27.5 Å². The Kier molecular flexibility index (Phi) is 3.70. The number of halogens is 1. The molecule has 0 unspecified atom stereocenters. The second-order valence-corrected chi connectivity index (χ2v) is 6.96. The lowest BCUT2D eigenvalue weighted by atomic mass is 10.2. The van der Waals surface area contributed by atoms with Gasteiger partial charge >= 0.3 is 0 Å². The van der Waals surface area contributed by atoms with Crippen molar-refractivity contribution in [2.24, 2.45) is 0 Å². The number of anilines is 1. The highest BCUT2D eigenvalue weighted by Gasteiger charge is 2.25. The van der Waals surface area contributed by atoms with E-state index in [-0.39, 0.29) is 5.91 Å². The summed E-state index contributed by atoms with van der Waals surface area (Å²) in [6, 6.07) is 5.92.